The summed E-state index contributed by atoms with van der Waals surface area (Å²) in [6, 6.07) is 5.51. The van der Waals surface area contributed by atoms with Crippen molar-refractivity contribution in [2.75, 3.05) is 5.32 Å². The summed E-state index contributed by atoms with van der Waals surface area (Å²) in [6.45, 7) is 3.45. The normalized spacial score (nSPS) is 13.2. The maximum atomic E-state index is 11.8. The third kappa shape index (κ3) is 3.45. The molecule has 0 heterocycles. The van der Waals surface area contributed by atoms with E-state index in [2.05, 4.69) is 26.4 Å². The predicted molar refractivity (Wildman–Crippen MR) is 70.1 cm³/mol. The summed E-state index contributed by atoms with van der Waals surface area (Å²) in [5.41, 5.74) is 7.00. The fourth-order valence-corrected chi connectivity index (χ4v) is 1.70. The molecule has 0 bridgehead atoms. The van der Waals surface area contributed by atoms with Gasteiger partial charge >= 0.3 is 0 Å². The topological polar surface area (TPSA) is 87.7 Å². The summed E-state index contributed by atoms with van der Waals surface area (Å²) in [7, 11) is 0. The van der Waals surface area contributed by atoms with Crippen LogP contribution < -0.4 is 11.1 Å². The zero-order valence-corrected chi connectivity index (χ0v) is 11.2. The third-order valence-corrected chi connectivity index (χ3v) is 2.89. The van der Waals surface area contributed by atoms with Gasteiger partial charge in [-0.15, -0.1) is 0 Å². The van der Waals surface area contributed by atoms with Crippen molar-refractivity contribution >= 4 is 33.4 Å². The number of nitrogens with two attached hydrogens (primary N) is 1. The highest BCUT2D eigenvalue weighted by molar-refractivity contribution is 9.10. The van der Waals surface area contributed by atoms with Crippen molar-refractivity contribution in [1.82, 2.24) is 0 Å². The van der Waals surface area contributed by atoms with Gasteiger partial charge < -0.3 is 16.3 Å². The van der Waals surface area contributed by atoms with Crippen LogP contribution in [0.3, 0.4) is 0 Å². The van der Waals surface area contributed by atoms with Gasteiger partial charge in [0.05, 0.1) is 5.92 Å². The highest BCUT2D eigenvalue weighted by Crippen LogP contribution is 2.20. The minimum Gasteiger partial charge on any atom is -0.409 e. The van der Waals surface area contributed by atoms with E-state index >= 15 is 0 Å². The molecule has 0 fully saturated rings. The van der Waals surface area contributed by atoms with E-state index in [1.807, 2.05) is 19.1 Å². The number of oxime groups is 1. The monoisotopic (exact) mass is 299 g/mol. The Morgan fingerprint density at radius 3 is 2.76 bits per heavy atom. The van der Waals surface area contributed by atoms with Gasteiger partial charge in [0, 0.05) is 10.2 Å². The number of carbonyl (C=O) groups is 1. The molecule has 92 valence electrons. The van der Waals surface area contributed by atoms with Crippen LogP contribution in [0.2, 0.25) is 0 Å². The standard InChI is InChI=1S/C11H14BrN3O2/c1-6-5-8(12)3-4-9(6)14-11(16)7(2)10(13)15-17/h3-5,7,17H,1-2H3,(H2,13,15)(H,14,16). The van der Waals surface area contributed by atoms with Gasteiger partial charge in [0.1, 0.15) is 0 Å². The number of carbonyl (C=O) groups excluding carboxylic acids is 1. The molecule has 0 saturated heterocycles. The van der Waals surface area contributed by atoms with Gasteiger partial charge in [0.2, 0.25) is 5.91 Å². The van der Waals surface area contributed by atoms with Crippen LogP contribution in [0.5, 0.6) is 0 Å². The number of nitrogens with zero attached hydrogens (tertiary/aromatic N) is 1. The maximum absolute atomic E-state index is 11.8. The molecule has 0 aliphatic carbocycles. The highest BCUT2D eigenvalue weighted by atomic mass is 79.9. The zero-order chi connectivity index (χ0) is 13.0. The number of rotatable bonds is 3. The lowest BCUT2D eigenvalue weighted by atomic mass is 10.1. The van der Waals surface area contributed by atoms with Crippen molar-refractivity contribution in [2.45, 2.75) is 13.8 Å². The molecule has 1 atom stereocenters. The Bertz CT molecular complexity index is 460. The zero-order valence-electron chi connectivity index (χ0n) is 9.57. The van der Waals surface area contributed by atoms with Crippen LogP contribution >= 0.6 is 15.9 Å². The van der Waals surface area contributed by atoms with Gasteiger partial charge in [-0.05, 0) is 37.6 Å². The summed E-state index contributed by atoms with van der Waals surface area (Å²) in [5.74, 6) is -1.11. The molecule has 5 nitrogen and oxygen atoms in total. The second-order valence-electron chi connectivity index (χ2n) is 3.70. The fourth-order valence-electron chi connectivity index (χ4n) is 1.23. The maximum Gasteiger partial charge on any atom is 0.234 e. The van der Waals surface area contributed by atoms with E-state index in [1.165, 1.54) is 0 Å². The van der Waals surface area contributed by atoms with Crippen molar-refractivity contribution in [3.05, 3.63) is 28.2 Å². The molecule has 0 spiro atoms. The minimum absolute atomic E-state index is 0.114. The SMILES string of the molecule is Cc1cc(Br)ccc1NC(=O)C(C)/C(N)=N/O. The number of nitrogens with one attached hydrogen (secondary N) is 1. The van der Waals surface area contributed by atoms with Gasteiger partial charge in [-0.1, -0.05) is 21.1 Å². The third-order valence-electron chi connectivity index (χ3n) is 2.40. The van der Waals surface area contributed by atoms with Gasteiger partial charge in [-0.3, -0.25) is 4.79 Å². The van der Waals surface area contributed by atoms with Crippen molar-refractivity contribution in [3.8, 4) is 0 Å². The average molecular weight is 300 g/mol. The first-order valence-electron chi connectivity index (χ1n) is 5.00. The first-order chi connectivity index (χ1) is 7.95. The Labute approximate surface area is 108 Å². The molecule has 0 aliphatic heterocycles. The number of halogens is 1. The molecule has 1 unspecified atom stereocenters. The Hall–Kier alpha value is -1.56. The number of amidine groups is 1. The summed E-state index contributed by atoms with van der Waals surface area (Å²) in [4.78, 5) is 11.8. The summed E-state index contributed by atoms with van der Waals surface area (Å²) in [6.07, 6.45) is 0. The van der Waals surface area contributed by atoms with E-state index in [0.717, 1.165) is 10.0 Å². The summed E-state index contributed by atoms with van der Waals surface area (Å²) in [5, 5.41) is 14.0. The van der Waals surface area contributed by atoms with Crippen LogP contribution in [0, 0.1) is 12.8 Å². The number of benzene rings is 1. The lowest BCUT2D eigenvalue weighted by Crippen LogP contribution is -2.32. The number of aryl methyl sites for hydroxylation is 1. The second-order valence-corrected chi connectivity index (χ2v) is 4.61. The predicted octanol–water partition coefficient (Wildman–Crippen LogP) is 2.08. The molecule has 6 heteroatoms. The first kappa shape index (κ1) is 13.5. The van der Waals surface area contributed by atoms with Crippen LogP contribution in [0.1, 0.15) is 12.5 Å². The van der Waals surface area contributed by atoms with E-state index < -0.39 is 5.92 Å². The van der Waals surface area contributed by atoms with E-state index in [0.29, 0.717) is 5.69 Å². The quantitative estimate of drug-likeness (QED) is 0.345. The number of amides is 1. The Morgan fingerprint density at radius 2 is 2.24 bits per heavy atom. The molecule has 0 aliphatic rings. The number of anilines is 1. The molecular formula is C11H14BrN3O2. The Morgan fingerprint density at radius 1 is 1.59 bits per heavy atom. The summed E-state index contributed by atoms with van der Waals surface area (Å²) < 4.78 is 0.942. The van der Waals surface area contributed by atoms with Crippen molar-refractivity contribution in [1.29, 1.82) is 0 Å². The first-order valence-corrected chi connectivity index (χ1v) is 5.79. The van der Waals surface area contributed by atoms with E-state index in [1.54, 1.807) is 13.0 Å². The smallest absolute Gasteiger partial charge is 0.234 e. The van der Waals surface area contributed by atoms with E-state index in [-0.39, 0.29) is 11.7 Å². The number of hydrogen-bond donors (Lipinski definition) is 3. The van der Waals surface area contributed by atoms with Crippen LogP contribution in [-0.4, -0.2) is 17.0 Å². The van der Waals surface area contributed by atoms with Crippen LogP contribution in [-0.2, 0) is 4.79 Å². The second kappa shape index (κ2) is 5.67. The Balaban J connectivity index is 2.81. The molecular weight excluding hydrogens is 286 g/mol. The fraction of sp³-hybridized carbons (Fsp3) is 0.273. The number of hydrogen-bond acceptors (Lipinski definition) is 3. The lowest BCUT2D eigenvalue weighted by molar-refractivity contribution is -0.117. The molecule has 4 N–H and O–H groups in total. The molecule has 17 heavy (non-hydrogen) atoms. The molecule has 0 aromatic heterocycles. The van der Waals surface area contributed by atoms with E-state index in [4.69, 9.17) is 10.9 Å². The van der Waals surface area contributed by atoms with Crippen molar-refractivity contribution in [2.24, 2.45) is 16.8 Å². The molecule has 1 aromatic rings. The van der Waals surface area contributed by atoms with Crippen LogP contribution in [0.25, 0.3) is 0 Å². The minimum atomic E-state index is -0.678. The van der Waals surface area contributed by atoms with Gasteiger partial charge in [-0.2, -0.15) is 0 Å². The molecule has 0 radical (unpaired) electrons. The van der Waals surface area contributed by atoms with Crippen LogP contribution in [0.15, 0.2) is 27.8 Å². The van der Waals surface area contributed by atoms with Gasteiger partial charge in [-0.25, -0.2) is 0 Å². The highest BCUT2D eigenvalue weighted by Gasteiger charge is 2.18. The van der Waals surface area contributed by atoms with E-state index in [9.17, 15) is 4.79 Å². The molecule has 0 saturated carbocycles. The Kier molecular flexibility index (Phi) is 4.51. The largest absolute Gasteiger partial charge is 0.409 e. The molecule has 1 amide bonds. The van der Waals surface area contributed by atoms with Gasteiger partial charge in [0.15, 0.2) is 5.84 Å². The average Bonchev–Trinajstić information content (AvgIpc) is 2.30. The summed E-state index contributed by atoms with van der Waals surface area (Å²) >= 11 is 3.34. The van der Waals surface area contributed by atoms with Crippen molar-refractivity contribution in [3.63, 3.8) is 0 Å². The molecule has 1 rings (SSSR count). The molecule has 1 aromatic carbocycles. The van der Waals surface area contributed by atoms with Crippen LogP contribution in [0.4, 0.5) is 5.69 Å². The van der Waals surface area contributed by atoms with Crippen molar-refractivity contribution < 1.29 is 10.0 Å². The lowest BCUT2D eigenvalue weighted by Gasteiger charge is -2.12. The van der Waals surface area contributed by atoms with Gasteiger partial charge in [0.25, 0.3) is 0 Å².